The van der Waals surface area contributed by atoms with Gasteiger partial charge >= 0.3 is 4.87 Å². The summed E-state index contributed by atoms with van der Waals surface area (Å²) in [7, 11) is -1.99. The molecule has 1 aliphatic rings. The molecule has 2 heterocycles. The van der Waals surface area contributed by atoms with E-state index in [-0.39, 0.29) is 22.2 Å². The molecule has 8 nitrogen and oxygen atoms in total. The van der Waals surface area contributed by atoms with Crippen LogP contribution in [-0.2, 0) is 27.9 Å². The second-order valence-corrected chi connectivity index (χ2v) is 10.3. The first-order valence-corrected chi connectivity index (χ1v) is 12.2. The molecule has 0 aliphatic carbocycles. The van der Waals surface area contributed by atoms with Gasteiger partial charge in [-0.25, -0.2) is 8.42 Å². The van der Waals surface area contributed by atoms with Crippen LogP contribution in [0, 0.1) is 0 Å². The molecule has 2 aromatic carbocycles. The number of hydrogen-bond donors (Lipinski definition) is 1. The highest BCUT2D eigenvalue weighted by Crippen LogP contribution is 2.26. The summed E-state index contributed by atoms with van der Waals surface area (Å²) in [5.41, 5.74) is 1.43. The predicted molar refractivity (Wildman–Crippen MR) is 119 cm³/mol. The molecule has 10 heteroatoms. The number of nitrogens with zero attached hydrogens (tertiary/aromatic N) is 2. The number of fused-ring (bicyclic) bond motifs is 1. The van der Waals surface area contributed by atoms with Crippen molar-refractivity contribution in [3.63, 3.8) is 0 Å². The van der Waals surface area contributed by atoms with Crippen LogP contribution in [0.25, 0.3) is 10.2 Å². The Balaban J connectivity index is 1.51. The van der Waals surface area contributed by atoms with Gasteiger partial charge in [-0.2, -0.15) is 4.31 Å². The number of benzene rings is 2. The molecule has 31 heavy (non-hydrogen) atoms. The molecule has 3 aromatic rings. The van der Waals surface area contributed by atoms with Crippen molar-refractivity contribution in [1.82, 2.24) is 14.2 Å². The third-order valence-corrected chi connectivity index (χ3v) is 8.10. The van der Waals surface area contributed by atoms with E-state index in [1.807, 2.05) is 24.3 Å². The highest BCUT2D eigenvalue weighted by Gasteiger charge is 2.27. The van der Waals surface area contributed by atoms with Crippen LogP contribution in [0.15, 0.2) is 52.2 Å². The van der Waals surface area contributed by atoms with Crippen LogP contribution in [0.5, 0.6) is 5.75 Å². The fourth-order valence-electron chi connectivity index (χ4n) is 3.62. The van der Waals surface area contributed by atoms with Crippen LogP contribution in [-0.4, -0.2) is 43.4 Å². The van der Waals surface area contributed by atoms with E-state index in [1.165, 1.54) is 21.0 Å². The van der Waals surface area contributed by atoms with Crippen LogP contribution in [0.3, 0.4) is 0 Å². The van der Waals surface area contributed by atoms with E-state index in [0.717, 1.165) is 29.7 Å². The van der Waals surface area contributed by atoms with Gasteiger partial charge in [0.1, 0.15) is 12.3 Å². The Labute approximate surface area is 184 Å². The molecular weight excluding hydrogens is 438 g/mol. The van der Waals surface area contributed by atoms with Crippen LogP contribution in [0.4, 0.5) is 0 Å². The van der Waals surface area contributed by atoms with E-state index in [1.54, 1.807) is 13.2 Å². The van der Waals surface area contributed by atoms with E-state index in [0.29, 0.717) is 35.6 Å². The molecule has 1 aliphatic heterocycles. The average Bonchev–Trinajstić information content (AvgIpc) is 3.41. The van der Waals surface area contributed by atoms with Crippen LogP contribution in [0.1, 0.15) is 18.4 Å². The van der Waals surface area contributed by atoms with Gasteiger partial charge in [0.05, 0.1) is 22.2 Å². The molecule has 0 radical (unpaired) electrons. The minimum atomic E-state index is -3.56. The molecule has 1 aromatic heterocycles. The summed E-state index contributed by atoms with van der Waals surface area (Å²) in [6.45, 7) is 1.21. The highest BCUT2D eigenvalue weighted by atomic mass is 32.2. The number of amides is 1. The number of methoxy groups -OCH3 is 1. The minimum absolute atomic E-state index is 0.138. The van der Waals surface area contributed by atoms with Gasteiger partial charge in [0.15, 0.2) is 0 Å². The Morgan fingerprint density at radius 1 is 1.16 bits per heavy atom. The topological polar surface area (TPSA) is 97.7 Å². The van der Waals surface area contributed by atoms with Crippen molar-refractivity contribution in [2.45, 2.75) is 30.8 Å². The van der Waals surface area contributed by atoms with Crippen molar-refractivity contribution in [3.8, 4) is 5.75 Å². The summed E-state index contributed by atoms with van der Waals surface area (Å²) in [6.07, 6.45) is 1.71. The van der Waals surface area contributed by atoms with Gasteiger partial charge in [0.2, 0.25) is 15.9 Å². The lowest BCUT2D eigenvalue weighted by Gasteiger charge is -2.15. The molecule has 0 atom stereocenters. The standard InChI is InChI=1S/C21H23N3O5S2/c1-29-16-6-4-5-15(11-16)13-22-20(25)14-24-18-8-7-17(12-19(18)30-21(24)26)31(27,28)23-9-2-3-10-23/h4-8,11-12H,2-3,9-10,13-14H2,1H3,(H,22,25). The SMILES string of the molecule is COc1cccc(CNC(=O)Cn2c(=O)sc3cc(S(=O)(=O)N4CCCC4)ccc32)c1. The number of nitrogens with one attached hydrogen (secondary N) is 1. The number of carbonyl (C=O) groups is 1. The lowest BCUT2D eigenvalue weighted by atomic mass is 10.2. The van der Waals surface area contributed by atoms with E-state index in [4.69, 9.17) is 4.74 Å². The Hall–Kier alpha value is -2.69. The summed E-state index contributed by atoms with van der Waals surface area (Å²) >= 11 is 0.941. The summed E-state index contributed by atoms with van der Waals surface area (Å²) in [6, 6.07) is 12.0. The van der Waals surface area contributed by atoms with E-state index >= 15 is 0 Å². The zero-order valence-corrected chi connectivity index (χ0v) is 18.7. The summed E-state index contributed by atoms with van der Waals surface area (Å²) < 4.78 is 34.1. The van der Waals surface area contributed by atoms with Crippen LogP contribution in [0.2, 0.25) is 0 Å². The van der Waals surface area contributed by atoms with E-state index in [2.05, 4.69) is 5.32 Å². The Morgan fingerprint density at radius 2 is 1.94 bits per heavy atom. The quantitative estimate of drug-likeness (QED) is 0.582. The zero-order valence-electron chi connectivity index (χ0n) is 17.0. The average molecular weight is 462 g/mol. The van der Waals surface area contributed by atoms with Crippen molar-refractivity contribution < 1.29 is 17.9 Å². The highest BCUT2D eigenvalue weighted by molar-refractivity contribution is 7.89. The zero-order chi connectivity index (χ0) is 22.0. The minimum Gasteiger partial charge on any atom is -0.497 e. The van der Waals surface area contributed by atoms with Gasteiger partial charge in [-0.15, -0.1) is 0 Å². The number of rotatable bonds is 7. The van der Waals surface area contributed by atoms with Gasteiger partial charge in [0.25, 0.3) is 0 Å². The third-order valence-electron chi connectivity index (χ3n) is 5.27. The Bertz CT molecular complexity index is 1270. The first kappa shape index (κ1) is 21.5. The van der Waals surface area contributed by atoms with Crippen LogP contribution >= 0.6 is 11.3 Å². The van der Waals surface area contributed by atoms with Crippen molar-refractivity contribution in [1.29, 1.82) is 0 Å². The summed E-state index contributed by atoms with van der Waals surface area (Å²) in [4.78, 5) is 24.8. The van der Waals surface area contributed by atoms with Crippen LogP contribution < -0.4 is 14.9 Å². The molecule has 1 amide bonds. The molecule has 164 valence electrons. The smallest absolute Gasteiger partial charge is 0.308 e. The first-order valence-electron chi connectivity index (χ1n) is 9.91. The molecule has 4 rings (SSSR count). The number of hydrogen-bond acceptors (Lipinski definition) is 6. The summed E-state index contributed by atoms with van der Waals surface area (Å²) in [5.74, 6) is 0.393. The maximum absolute atomic E-state index is 12.8. The number of carbonyl (C=O) groups excluding carboxylic acids is 1. The number of thiazole rings is 1. The number of aromatic nitrogens is 1. The van der Waals surface area contributed by atoms with Gasteiger partial charge in [0, 0.05) is 19.6 Å². The van der Waals surface area contributed by atoms with Crippen molar-refractivity contribution >= 4 is 37.5 Å². The number of ether oxygens (including phenoxy) is 1. The fraction of sp³-hybridized carbons (Fsp3) is 0.333. The normalized spacial score (nSPS) is 14.7. The molecule has 0 saturated carbocycles. The second kappa shape index (κ2) is 8.81. The first-order chi connectivity index (χ1) is 14.9. The molecule has 0 spiro atoms. The maximum atomic E-state index is 12.8. The van der Waals surface area contributed by atoms with E-state index < -0.39 is 10.0 Å². The Morgan fingerprint density at radius 3 is 2.68 bits per heavy atom. The van der Waals surface area contributed by atoms with Gasteiger partial charge in [-0.05, 0) is 48.7 Å². The molecule has 0 bridgehead atoms. The second-order valence-electron chi connectivity index (χ2n) is 7.32. The van der Waals surface area contributed by atoms with Gasteiger partial charge in [-0.3, -0.25) is 14.2 Å². The van der Waals surface area contributed by atoms with Crippen molar-refractivity contribution in [2.24, 2.45) is 0 Å². The number of sulfonamides is 1. The lowest BCUT2D eigenvalue weighted by Crippen LogP contribution is -2.30. The fourth-order valence-corrected chi connectivity index (χ4v) is 6.17. The maximum Gasteiger partial charge on any atom is 0.308 e. The van der Waals surface area contributed by atoms with Crippen molar-refractivity contribution in [3.05, 3.63) is 57.7 Å². The summed E-state index contributed by atoms with van der Waals surface area (Å²) in [5, 5.41) is 2.80. The largest absolute Gasteiger partial charge is 0.497 e. The van der Waals surface area contributed by atoms with Gasteiger partial charge in [-0.1, -0.05) is 23.5 Å². The molecule has 0 unspecified atom stereocenters. The monoisotopic (exact) mass is 461 g/mol. The van der Waals surface area contributed by atoms with Gasteiger partial charge < -0.3 is 10.1 Å². The van der Waals surface area contributed by atoms with Crippen molar-refractivity contribution in [2.75, 3.05) is 20.2 Å². The molecular formula is C21H23N3O5S2. The van der Waals surface area contributed by atoms with E-state index in [9.17, 15) is 18.0 Å². The predicted octanol–water partition coefficient (Wildman–Crippen LogP) is 2.17. The lowest BCUT2D eigenvalue weighted by molar-refractivity contribution is -0.121. The molecule has 1 saturated heterocycles. The Kier molecular flexibility index (Phi) is 6.12. The third kappa shape index (κ3) is 4.51. The molecule has 1 fully saturated rings. The molecule has 1 N–H and O–H groups in total.